The molecular formula is C41H43N3O4. The quantitative estimate of drug-likeness (QED) is 0.125. The Balaban J connectivity index is 1.15. The maximum Gasteiger partial charge on any atom is 0.315 e. The first-order chi connectivity index (χ1) is 23.6. The van der Waals surface area contributed by atoms with E-state index in [0.29, 0.717) is 19.5 Å². The molecule has 7 heteroatoms. The number of carbonyl (C=O) groups excluding carboxylic acids is 1. The van der Waals surface area contributed by atoms with E-state index in [1.165, 1.54) is 11.1 Å². The molecule has 3 atom stereocenters. The van der Waals surface area contributed by atoms with Crippen LogP contribution in [0.2, 0.25) is 0 Å². The van der Waals surface area contributed by atoms with E-state index in [4.69, 9.17) is 9.47 Å². The summed E-state index contributed by atoms with van der Waals surface area (Å²) in [5.74, 6) is 0. The Bertz CT molecular complexity index is 1640. The molecule has 1 aliphatic rings. The topological polar surface area (TPSA) is 83.1 Å². The van der Waals surface area contributed by atoms with E-state index in [0.717, 1.165) is 47.5 Å². The molecule has 6 rings (SSSR count). The molecule has 2 amide bonds. The van der Waals surface area contributed by atoms with Crippen LogP contribution in [0, 0.1) is 0 Å². The number of aliphatic hydroxyl groups is 1. The summed E-state index contributed by atoms with van der Waals surface area (Å²) in [5, 5.41) is 15.4. The number of ether oxygens (including phenoxy) is 2. The molecule has 3 N–H and O–H groups in total. The van der Waals surface area contributed by atoms with Crippen LogP contribution in [0.5, 0.6) is 0 Å². The number of benzene rings is 5. The summed E-state index contributed by atoms with van der Waals surface area (Å²) in [6.45, 7) is 3.22. The second kappa shape index (κ2) is 16.9. The van der Waals surface area contributed by atoms with Crippen LogP contribution in [0.3, 0.4) is 0 Å². The minimum Gasteiger partial charge on any atom is -0.392 e. The van der Waals surface area contributed by atoms with Crippen molar-refractivity contribution in [2.75, 3.05) is 6.54 Å². The molecule has 0 unspecified atom stereocenters. The fraction of sp³-hybridized carbons (Fsp3) is 0.244. The molecule has 0 aromatic heterocycles. The lowest BCUT2D eigenvalue weighted by Crippen LogP contribution is -2.39. The van der Waals surface area contributed by atoms with Crippen LogP contribution in [0.25, 0.3) is 0 Å². The van der Waals surface area contributed by atoms with E-state index in [1.807, 2.05) is 91.0 Å². The summed E-state index contributed by atoms with van der Waals surface area (Å²) < 4.78 is 13.3. The van der Waals surface area contributed by atoms with Gasteiger partial charge in [-0.25, -0.2) is 4.79 Å². The van der Waals surface area contributed by atoms with Gasteiger partial charge in [0.2, 0.25) is 0 Å². The van der Waals surface area contributed by atoms with Crippen molar-refractivity contribution in [3.05, 3.63) is 178 Å². The van der Waals surface area contributed by atoms with Gasteiger partial charge in [0.1, 0.15) is 0 Å². The summed E-state index contributed by atoms with van der Waals surface area (Å²) in [7, 11) is 0. The Morgan fingerprint density at radius 3 is 1.62 bits per heavy atom. The smallest absolute Gasteiger partial charge is 0.315 e. The van der Waals surface area contributed by atoms with Crippen molar-refractivity contribution in [2.24, 2.45) is 0 Å². The molecule has 1 saturated heterocycles. The van der Waals surface area contributed by atoms with Crippen molar-refractivity contribution in [1.82, 2.24) is 15.5 Å². The van der Waals surface area contributed by atoms with Crippen LogP contribution < -0.4 is 10.6 Å². The highest BCUT2D eigenvalue weighted by atomic mass is 16.7. The number of amides is 2. The first-order valence-corrected chi connectivity index (χ1v) is 16.6. The third-order valence-corrected chi connectivity index (χ3v) is 8.58. The Morgan fingerprint density at radius 2 is 1.08 bits per heavy atom. The largest absolute Gasteiger partial charge is 0.392 e. The molecule has 48 heavy (non-hydrogen) atoms. The van der Waals surface area contributed by atoms with Gasteiger partial charge in [-0.2, -0.15) is 0 Å². The fourth-order valence-corrected chi connectivity index (χ4v) is 6.00. The van der Waals surface area contributed by atoms with Crippen LogP contribution in [0.4, 0.5) is 4.79 Å². The monoisotopic (exact) mass is 641 g/mol. The highest BCUT2D eigenvalue weighted by Crippen LogP contribution is 2.38. The Morgan fingerprint density at radius 1 is 0.604 bits per heavy atom. The van der Waals surface area contributed by atoms with Gasteiger partial charge >= 0.3 is 6.03 Å². The van der Waals surface area contributed by atoms with Crippen LogP contribution in [0.1, 0.15) is 57.8 Å². The zero-order valence-corrected chi connectivity index (χ0v) is 27.1. The van der Waals surface area contributed by atoms with Gasteiger partial charge in [0, 0.05) is 44.7 Å². The average Bonchev–Trinajstić information content (AvgIpc) is 3.14. The highest BCUT2D eigenvalue weighted by molar-refractivity contribution is 5.73. The number of nitrogens with zero attached hydrogens (tertiary/aromatic N) is 1. The second-order valence-corrected chi connectivity index (χ2v) is 12.3. The number of carbonyl (C=O) groups is 1. The Kier molecular flexibility index (Phi) is 11.6. The maximum atomic E-state index is 12.4. The van der Waals surface area contributed by atoms with Gasteiger partial charge in [0.15, 0.2) is 6.29 Å². The van der Waals surface area contributed by atoms with Crippen LogP contribution in [-0.4, -0.2) is 28.7 Å². The lowest BCUT2D eigenvalue weighted by atomic mass is 9.99. The molecule has 5 aromatic rings. The van der Waals surface area contributed by atoms with E-state index in [2.05, 4.69) is 64.1 Å². The lowest BCUT2D eigenvalue weighted by Gasteiger charge is -2.38. The van der Waals surface area contributed by atoms with Gasteiger partial charge in [-0.3, -0.25) is 4.90 Å². The molecule has 0 bridgehead atoms. The molecule has 1 aliphatic heterocycles. The predicted octanol–water partition coefficient (Wildman–Crippen LogP) is 7.43. The van der Waals surface area contributed by atoms with Gasteiger partial charge in [-0.1, -0.05) is 140 Å². The molecule has 246 valence electrons. The molecular weight excluding hydrogens is 598 g/mol. The van der Waals surface area contributed by atoms with Crippen molar-refractivity contribution in [2.45, 2.75) is 57.7 Å². The summed E-state index contributed by atoms with van der Waals surface area (Å²) >= 11 is 0. The first-order valence-electron chi connectivity index (χ1n) is 16.6. The third kappa shape index (κ3) is 9.62. The van der Waals surface area contributed by atoms with E-state index in [9.17, 15) is 9.90 Å². The van der Waals surface area contributed by atoms with Crippen molar-refractivity contribution in [1.29, 1.82) is 0 Å². The molecule has 7 nitrogen and oxygen atoms in total. The van der Waals surface area contributed by atoms with Gasteiger partial charge in [-0.15, -0.1) is 0 Å². The van der Waals surface area contributed by atoms with Gasteiger partial charge in [0.05, 0.1) is 18.8 Å². The van der Waals surface area contributed by atoms with Gasteiger partial charge < -0.3 is 25.2 Å². The second-order valence-electron chi connectivity index (χ2n) is 12.3. The Hall–Kier alpha value is -4.79. The highest BCUT2D eigenvalue weighted by Gasteiger charge is 2.33. The number of aliphatic hydroxyl groups excluding tert-OH is 1. The number of rotatable bonds is 13. The summed E-state index contributed by atoms with van der Waals surface area (Å²) in [6, 6.07) is 46.8. The summed E-state index contributed by atoms with van der Waals surface area (Å²) in [4.78, 5) is 14.8. The average molecular weight is 642 g/mol. The van der Waals surface area contributed by atoms with Crippen LogP contribution >= 0.6 is 0 Å². The van der Waals surface area contributed by atoms with Crippen molar-refractivity contribution >= 4 is 6.03 Å². The zero-order valence-electron chi connectivity index (χ0n) is 27.1. The molecule has 0 saturated carbocycles. The van der Waals surface area contributed by atoms with Gasteiger partial charge in [-0.05, 0) is 33.4 Å². The van der Waals surface area contributed by atoms with E-state index in [-0.39, 0.29) is 24.8 Å². The molecule has 1 fully saturated rings. The van der Waals surface area contributed by atoms with E-state index in [1.54, 1.807) is 0 Å². The van der Waals surface area contributed by atoms with Crippen molar-refractivity contribution in [3.63, 3.8) is 0 Å². The molecule has 0 aliphatic carbocycles. The number of urea groups is 1. The van der Waals surface area contributed by atoms with Crippen molar-refractivity contribution < 1.29 is 19.4 Å². The fourth-order valence-electron chi connectivity index (χ4n) is 6.00. The van der Waals surface area contributed by atoms with E-state index < -0.39 is 6.29 Å². The number of nitrogens with one attached hydrogen (secondary N) is 2. The maximum absolute atomic E-state index is 12.4. The molecule has 1 heterocycles. The number of hydrogen-bond acceptors (Lipinski definition) is 5. The SMILES string of the molecule is O=C(NCc1ccccc1)NCc1ccc([C@@H]2O[C@H](CN(Cc3ccccc3)Cc3ccccc3)C[C@H](c3ccc(CO)cc3)O2)cc1. The normalized spacial score (nSPS) is 17.6. The molecule has 0 radical (unpaired) electrons. The third-order valence-electron chi connectivity index (χ3n) is 8.58. The van der Waals surface area contributed by atoms with Gasteiger partial charge in [0.25, 0.3) is 0 Å². The minimum absolute atomic E-state index is 0.00396. The lowest BCUT2D eigenvalue weighted by molar-refractivity contribution is -0.253. The Labute approximate surface area is 283 Å². The standard InChI is InChI=1S/C41H43N3O4/c45-30-35-18-20-36(21-19-35)39-24-38(29-44(27-33-12-6-2-7-13-33)28-34-14-8-3-9-15-34)47-40(48-39)37-22-16-32(17-23-37)26-43-41(46)42-25-31-10-4-1-5-11-31/h1-23,38-40,45H,24-30H2,(H2,42,43,46)/t38-,39+,40+/m0/s1. The minimum atomic E-state index is -0.558. The van der Waals surface area contributed by atoms with Crippen molar-refractivity contribution in [3.8, 4) is 0 Å². The summed E-state index contributed by atoms with van der Waals surface area (Å²) in [5.41, 5.74) is 7.39. The molecule has 0 spiro atoms. The van der Waals surface area contributed by atoms with Crippen LogP contribution in [-0.2, 0) is 42.3 Å². The van der Waals surface area contributed by atoms with Crippen LogP contribution in [0.15, 0.2) is 140 Å². The number of hydrogen-bond donors (Lipinski definition) is 3. The first kappa shape index (κ1) is 33.1. The van der Waals surface area contributed by atoms with E-state index >= 15 is 0 Å². The summed E-state index contributed by atoms with van der Waals surface area (Å²) in [6.07, 6.45) is -0.118. The predicted molar refractivity (Wildman–Crippen MR) is 187 cm³/mol. The zero-order chi connectivity index (χ0) is 33.0. The molecule has 5 aromatic carbocycles.